The molecule has 0 saturated carbocycles. The van der Waals surface area contributed by atoms with E-state index in [2.05, 4.69) is 5.32 Å². The highest BCUT2D eigenvalue weighted by Crippen LogP contribution is 2.27. The van der Waals surface area contributed by atoms with Gasteiger partial charge in [0.15, 0.2) is 0 Å². The van der Waals surface area contributed by atoms with Crippen molar-refractivity contribution in [1.82, 2.24) is 9.62 Å². The van der Waals surface area contributed by atoms with Gasteiger partial charge < -0.3 is 10.1 Å². The quantitative estimate of drug-likeness (QED) is 0.494. The SMILES string of the molecule is CCOCc1ccc(CNC(=O)c2cc(S(=O)(=O)N3CCc4ccccc4C3)ccc2Cl)cc1. The van der Waals surface area contributed by atoms with Crippen molar-refractivity contribution in [2.45, 2.75) is 37.9 Å². The third-order valence-electron chi connectivity index (χ3n) is 5.86. The fourth-order valence-corrected chi connectivity index (χ4v) is 5.56. The van der Waals surface area contributed by atoms with Crippen molar-refractivity contribution in [1.29, 1.82) is 0 Å². The van der Waals surface area contributed by atoms with Crippen LogP contribution < -0.4 is 5.32 Å². The first kappa shape index (κ1) is 24.4. The van der Waals surface area contributed by atoms with Crippen LogP contribution in [0.5, 0.6) is 0 Å². The van der Waals surface area contributed by atoms with E-state index in [1.807, 2.05) is 55.5 Å². The second-order valence-electron chi connectivity index (χ2n) is 8.14. The standard InChI is InChI=1S/C26H27ClN2O4S/c1-2-33-18-20-9-7-19(8-10-20)16-28-26(30)24-15-23(11-12-25(24)27)34(31,32)29-14-13-21-5-3-4-6-22(21)17-29/h3-12,15H,2,13-14,16-18H2,1H3,(H,28,30). The predicted octanol–water partition coefficient (Wildman–Crippen LogP) is 4.55. The zero-order chi connectivity index (χ0) is 24.1. The van der Waals surface area contributed by atoms with Gasteiger partial charge in [0.25, 0.3) is 5.91 Å². The molecule has 0 aromatic heterocycles. The molecule has 6 nitrogen and oxygen atoms in total. The van der Waals surface area contributed by atoms with Crippen LogP contribution in [0.3, 0.4) is 0 Å². The lowest BCUT2D eigenvalue weighted by atomic mass is 10.0. The molecule has 4 rings (SSSR count). The van der Waals surface area contributed by atoms with Crippen molar-refractivity contribution < 1.29 is 17.9 Å². The summed E-state index contributed by atoms with van der Waals surface area (Å²) in [5.41, 5.74) is 4.26. The monoisotopic (exact) mass is 498 g/mol. The number of hydrogen-bond acceptors (Lipinski definition) is 4. The third kappa shape index (κ3) is 5.50. The Hall–Kier alpha value is -2.71. The number of halogens is 1. The molecule has 1 heterocycles. The molecule has 3 aromatic rings. The number of sulfonamides is 1. The molecular weight excluding hydrogens is 472 g/mol. The van der Waals surface area contributed by atoms with Crippen molar-refractivity contribution in [2.24, 2.45) is 0 Å². The molecule has 0 spiro atoms. The van der Waals surface area contributed by atoms with Gasteiger partial charge in [0.05, 0.1) is 22.1 Å². The molecule has 1 aliphatic heterocycles. The minimum absolute atomic E-state index is 0.0571. The van der Waals surface area contributed by atoms with Crippen LogP contribution in [0.1, 0.15) is 39.5 Å². The van der Waals surface area contributed by atoms with E-state index in [-0.39, 0.29) is 15.5 Å². The van der Waals surface area contributed by atoms with Crippen LogP contribution in [0.2, 0.25) is 5.02 Å². The zero-order valence-electron chi connectivity index (χ0n) is 19.0. The average molecular weight is 499 g/mol. The molecule has 3 aromatic carbocycles. The predicted molar refractivity (Wildman–Crippen MR) is 132 cm³/mol. The Bertz CT molecular complexity index is 1280. The largest absolute Gasteiger partial charge is 0.377 e. The van der Waals surface area contributed by atoms with E-state index in [0.717, 1.165) is 22.3 Å². The normalized spacial score (nSPS) is 13.9. The summed E-state index contributed by atoms with van der Waals surface area (Å²) in [4.78, 5) is 12.9. The number of benzene rings is 3. The molecular formula is C26H27ClN2O4S. The smallest absolute Gasteiger partial charge is 0.253 e. The summed E-state index contributed by atoms with van der Waals surface area (Å²) < 4.78 is 33.5. The Morgan fingerprint density at radius 2 is 1.74 bits per heavy atom. The molecule has 1 amide bonds. The Labute approximate surface area is 205 Å². The van der Waals surface area contributed by atoms with Crippen LogP contribution in [0.4, 0.5) is 0 Å². The van der Waals surface area contributed by atoms with Gasteiger partial charge >= 0.3 is 0 Å². The minimum Gasteiger partial charge on any atom is -0.377 e. The fourth-order valence-electron chi connectivity index (χ4n) is 3.91. The summed E-state index contributed by atoms with van der Waals surface area (Å²) in [6, 6.07) is 19.9. The Kier molecular flexibility index (Phi) is 7.68. The molecule has 0 atom stereocenters. The van der Waals surface area contributed by atoms with Gasteiger partial charge in [-0.05, 0) is 53.8 Å². The highest BCUT2D eigenvalue weighted by atomic mass is 35.5. The fraction of sp³-hybridized carbons (Fsp3) is 0.269. The lowest BCUT2D eigenvalue weighted by molar-refractivity contribution is 0.0950. The summed E-state index contributed by atoms with van der Waals surface area (Å²) >= 11 is 6.26. The number of rotatable bonds is 8. The number of nitrogens with one attached hydrogen (secondary N) is 1. The van der Waals surface area contributed by atoms with Crippen molar-refractivity contribution in [3.8, 4) is 0 Å². The summed E-state index contributed by atoms with van der Waals surface area (Å²) in [5, 5.41) is 3.03. The molecule has 0 fully saturated rings. The molecule has 1 aliphatic rings. The van der Waals surface area contributed by atoms with E-state index in [4.69, 9.17) is 16.3 Å². The summed E-state index contributed by atoms with van der Waals surface area (Å²) in [7, 11) is -3.77. The minimum atomic E-state index is -3.77. The van der Waals surface area contributed by atoms with Gasteiger partial charge in [0, 0.05) is 26.2 Å². The summed E-state index contributed by atoms with van der Waals surface area (Å²) in [6.45, 7) is 4.14. The van der Waals surface area contributed by atoms with Crippen molar-refractivity contribution in [2.75, 3.05) is 13.2 Å². The van der Waals surface area contributed by atoms with E-state index in [9.17, 15) is 13.2 Å². The second-order valence-corrected chi connectivity index (χ2v) is 10.5. The first-order valence-corrected chi connectivity index (χ1v) is 13.0. The van der Waals surface area contributed by atoms with Crippen LogP contribution in [0, 0.1) is 0 Å². The maximum absolute atomic E-state index is 13.3. The Morgan fingerprint density at radius 3 is 2.47 bits per heavy atom. The number of carbonyl (C=O) groups is 1. The van der Waals surface area contributed by atoms with Gasteiger partial charge in [-0.2, -0.15) is 4.31 Å². The third-order valence-corrected chi connectivity index (χ3v) is 8.04. The van der Waals surface area contributed by atoms with E-state index in [0.29, 0.717) is 39.3 Å². The maximum atomic E-state index is 13.3. The van der Waals surface area contributed by atoms with E-state index in [1.165, 1.54) is 22.5 Å². The average Bonchev–Trinajstić information content (AvgIpc) is 2.86. The topological polar surface area (TPSA) is 75.7 Å². The van der Waals surface area contributed by atoms with Gasteiger partial charge in [0.2, 0.25) is 10.0 Å². The van der Waals surface area contributed by atoms with Crippen LogP contribution in [0.25, 0.3) is 0 Å². The van der Waals surface area contributed by atoms with Crippen molar-refractivity contribution in [3.05, 3.63) is 99.6 Å². The maximum Gasteiger partial charge on any atom is 0.253 e. The van der Waals surface area contributed by atoms with Gasteiger partial charge in [-0.3, -0.25) is 4.79 Å². The van der Waals surface area contributed by atoms with Crippen LogP contribution >= 0.6 is 11.6 Å². The molecule has 0 radical (unpaired) electrons. The number of carbonyl (C=O) groups excluding carboxylic acids is 1. The van der Waals surface area contributed by atoms with Crippen molar-refractivity contribution >= 4 is 27.5 Å². The Morgan fingerprint density at radius 1 is 1.03 bits per heavy atom. The van der Waals surface area contributed by atoms with Crippen LogP contribution in [-0.2, 0) is 40.9 Å². The van der Waals surface area contributed by atoms with E-state index < -0.39 is 15.9 Å². The van der Waals surface area contributed by atoms with Crippen molar-refractivity contribution in [3.63, 3.8) is 0 Å². The molecule has 34 heavy (non-hydrogen) atoms. The van der Waals surface area contributed by atoms with Gasteiger partial charge in [-0.25, -0.2) is 8.42 Å². The molecule has 8 heteroatoms. The lowest BCUT2D eigenvalue weighted by Gasteiger charge is -2.28. The molecule has 178 valence electrons. The molecule has 1 N–H and O–H groups in total. The van der Waals surface area contributed by atoms with E-state index in [1.54, 1.807) is 0 Å². The number of hydrogen-bond donors (Lipinski definition) is 1. The first-order valence-electron chi connectivity index (χ1n) is 11.2. The summed E-state index contributed by atoms with van der Waals surface area (Å²) in [6.07, 6.45) is 0.652. The van der Waals surface area contributed by atoms with Crippen LogP contribution in [-0.4, -0.2) is 31.8 Å². The Balaban J connectivity index is 1.46. The number of fused-ring (bicyclic) bond motifs is 1. The number of ether oxygens (including phenoxy) is 1. The number of nitrogens with zero attached hydrogens (tertiary/aromatic N) is 1. The number of amides is 1. The van der Waals surface area contributed by atoms with E-state index >= 15 is 0 Å². The molecule has 0 bridgehead atoms. The summed E-state index contributed by atoms with van der Waals surface area (Å²) in [5.74, 6) is -0.426. The van der Waals surface area contributed by atoms with Gasteiger partial charge in [-0.15, -0.1) is 0 Å². The van der Waals surface area contributed by atoms with Gasteiger partial charge in [0.1, 0.15) is 0 Å². The first-order chi connectivity index (χ1) is 16.4. The zero-order valence-corrected chi connectivity index (χ0v) is 20.5. The molecule has 0 aliphatic carbocycles. The second kappa shape index (κ2) is 10.7. The van der Waals surface area contributed by atoms with Crippen LogP contribution in [0.15, 0.2) is 71.6 Å². The van der Waals surface area contributed by atoms with Gasteiger partial charge in [-0.1, -0.05) is 60.1 Å². The molecule has 0 unspecified atom stereocenters. The highest BCUT2D eigenvalue weighted by Gasteiger charge is 2.29. The highest BCUT2D eigenvalue weighted by molar-refractivity contribution is 7.89. The lowest BCUT2D eigenvalue weighted by Crippen LogP contribution is -2.36. The molecule has 0 saturated heterocycles.